The Hall–Kier alpha value is -4.22. The molecule has 0 radical (unpaired) electrons. The Kier molecular flexibility index (Phi) is 10.2. The van der Waals surface area contributed by atoms with E-state index in [9.17, 15) is 14.3 Å². The summed E-state index contributed by atoms with van der Waals surface area (Å²) in [7, 11) is 1.57. The van der Waals surface area contributed by atoms with Gasteiger partial charge < -0.3 is 34.9 Å². The molecule has 3 N–H and O–H groups in total. The van der Waals surface area contributed by atoms with E-state index >= 15 is 4.39 Å². The fraction of sp³-hybridized carbons (Fsp3) is 0.412. The highest BCUT2D eigenvalue weighted by Crippen LogP contribution is 2.49. The van der Waals surface area contributed by atoms with Gasteiger partial charge in [0.2, 0.25) is 5.91 Å². The molecule has 1 amide bonds. The molecule has 240 valence electrons. The number of nitrogens with zero attached hydrogens (tertiary/aromatic N) is 2. The molecule has 0 aliphatic heterocycles. The summed E-state index contributed by atoms with van der Waals surface area (Å²) in [6, 6.07) is 9.43. The zero-order valence-corrected chi connectivity index (χ0v) is 25.9. The van der Waals surface area contributed by atoms with Crippen LogP contribution in [0.2, 0.25) is 0 Å². The Labute approximate surface area is 261 Å². The van der Waals surface area contributed by atoms with E-state index in [-0.39, 0.29) is 29.6 Å². The molecule has 2 aliphatic rings. The summed E-state index contributed by atoms with van der Waals surface area (Å²) in [5.41, 5.74) is 0.440. The molecule has 3 aromatic rings. The molecule has 9 nitrogen and oxygen atoms in total. The lowest BCUT2D eigenvalue weighted by molar-refractivity contribution is -0.129. The van der Waals surface area contributed by atoms with Crippen LogP contribution in [0, 0.1) is 11.2 Å². The first-order chi connectivity index (χ1) is 21.8. The molecule has 1 unspecified atom stereocenters. The minimum Gasteiger partial charge on any atom is -0.493 e. The second-order valence-electron chi connectivity index (χ2n) is 11.3. The van der Waals surface area contributed by atoms with Crippen LogP contribution < -0.4 is 24.8 Å². The van der Waals surface area contributed by atoms with Gasteiger partial charge in [-0.1, -0.05) is 13.8 Å². The Balaban J connectivity index is 1.26. The Bertz CT molecular complexity index is 1590. The number of hydrogen-bond acceptors (Lipinski definition) is 8. The van der Waals surface area contributed by atoms with Crippen LogP contribution in [0.1, 0.15) is 46.0 Å². The van der Waals surface area contributed by atoms with Crippen LogP contribution in [0.4, 0.5) is 14.5 Å². The van der Waals surface area contributed by atoms with Gasteiger partial charge in [0.1, 0.15) is 17.8 Å². The van der Waals surface area contributed by atoms with E-state index in [2.05, 4.69) is 34.4 Å². The van der Waals surface area contributed by atoms with Crippen molar-refractivity contribution in [3.8, 4) is 23.0 Å². The molecule has 1 fully saturated rings. The largest absolute Gasteiger partial charge is 0.493 e. The van der Waals surface area contributed by atoms with Crippen LogP contribution in [0.3, 0.4) is 0 Å². The van der Waals surface area contributed by atoms with Crippen LogP contribution in [0.25, 0.3) is 10.9 Å². The summed E-state index contributed by atoms with van der Waals surface area (Å²) in [6.45, 7) is 7.65. The number of benzene rings is 2. The molecule has 45 heavy (non-hydrogen) atoms. The van der Waals surface area contributed by atoms with Gasteiger partial charge in [-0.25, -0.2) is 8.78 Å². The van der Waals surface area contributed by atoms with Gasteiger partial charge in [-0.2, -0.15) is 0 Å². The molecule has 0 spiro atoms. The quantitative estimate of drug-likeness (QED) is 0.131. The standard InChI is InChI=1S/C34H40F2N4O5/c1-4-40(5-2)17-6-18-44-31-20-25-27(21-30(31)43-3)37-16-13-28(25)45-29-12-11-24(19-26(29)36)39-33(42)34(14-15-34)32(41)38-23-9-7-22(35)8-10-23/h7,9,11-13,16,19-21,33,39,42H,4-6,8,10,14-15,17-18H2,1-3H3,(H,38,41). The molecule has 0 bridgehead atoms. The number of anilines is 1. The zero-order valence-electron chi connectivity index (χ0n) is 25.9. The van der Waals surface area contributed by atoms with Crippen LogP contribution in [-0.4, -0.2) is 60.5 Å². The number of aliphatic hydroxyl groups excluding tert-OH is 1. The number of nitrogens with one attached hydrogen (secondary N) is 2. The van der Waals surface area contributed by atoms with Crippen molar-refractivity contribution in [2.75, 3.05) is 38.7 Å². The van der Waals surface area contributed by atoms with Crippen LogP contribution in [0.5, 0.6) is 23.0 Å². The molecule has 11 heteroatoms. The highest BCUT2D eigenvalue weighted by Gasteiger charge is 2.56. The highest BCUT2D eigenvalue weighted by atomic mass is 19.1. The van der Waals surface area contributed by atoms with Crippen LogP contribution in [0.15, 0.2) is 66.3 Å². The number of methoxy groups -OCH3 is 1. The van der Waals surface area contributed by atoms with Crippen molar-refractivity contribution < 1.29 is 32.9 Å². The van der Waals surface area contributed by atoms with E-state index < -0.39 is 17.5 Å². The Morgan fingerprint density at radius 1 is 1.04 bits per heavy atom. The maximum absolute atomic E-state index is 15.3. The molecule has 5 rings (SSSR count). The third kappa shape index (κ3) is 7.54. The second-order valence-corrected chi connectivity index (χ2v) is 11.3. The number of allylic oxidation sites excluding steroid dienone is 4. The van der Waals surface area contributed by atoms with E-state index in [4.69, 9.17) is 14.2 Å². The number of pyridine rings is 1. The van der Waals surface area contributed by atoms with Crippen LogP contribution >= 0.6 is 0 Å². The molecular weight excluding hydrogens is 582 g/mol. The number of aliphatic hydroxyl groups is 1. The van der Waals surface area contributed by atoms with Gasteiger partial charge in [-0.05, 0) is 75.2 Å². The molecule has 2 aromatic carbocycles. The van der Waals surface area contributed by atoms with Crippen LogP contribution in [-0.2, 0) is 4.79 Å². The highest BCUT2D eigenvalue weighted by molar-refractivity contribution is 5.89. The van der Waals surface area contributed by atoms with Crippen molar-refractivity contribution in [3.05, 3.63) is 72.1 Å². The van der Waals surface area contributed by atoms with Crippen molar-refractivity contribution in [1.82, 2.24) is 15.2 Å². The molecule has 2 aliphatic carbocycles. The molecule has 1 saturated carbocycles. The van der Waals surface area contributed by atoms with Gasteiger partial charge in [-0.15, -0.1) is 0 Å². The maximum Gasteiger partial charge on any atom is 0.234 e. The normalized spacial score (nSPS) is 16.1. The first-order valence-electron chi connectivity index (χ1n) is 15.4. The number of hydrogen-bond donors (Lipinski definition) is 3. The average Bonchev–Trinajstić information content (AvgIpc) is 3.86. The lowest BCUT2D eigenvalue weighted by Crippen LogP contribution is -2.42. The first-order valence-corrected chi connectivity index (χ1v) is 15.4. The zero-order chi connectivity index (χ0) is 32.0. The van der Waals surface area contributed by atoms with Gasteiger partial charge in [0.15, 0.2) is 23.1 Å². The number of carbonyl (C=O) groups is 1. The van der Waals surface area contributed by atoms with Gasteiger partial charge in [0, 0.05) is 48.1 Å². The van der Waals surface area contributed by atoms with Gasteiger partial charge in [-0.3, -0.25) is 9.78 Å². The summed E-state index contributed by atoms with van der Waals surface area (Å²) in [5, 5.41) is 17.2. The van der Waals surface area contributed by atoms with E-state index in [1.165, 1.54) is 24.3 Å². The van der Waals surface area contributed by atoms with Crippen molar-refractivity contribution >= 4 is 22.5 Å². The fourth-order valence-electron chi connectivity index (χ4n) is 5.33. The second kappa shape index (κ2) is 14.3. The summed E-state index contributed by atoms with van der Waals surface area (Å²) in [4.78, 5) is 19.7. The van der Waals surface area contributed by atoms with Crippen molar-refractivity contribution in [3.63, 3.8) is 0 Å². The minimum absolute atomic E-state index is 0.0246. The van der Waals surface area contributed by atoms with E-state index in [0.717, 1.165) is 26.1 Å². The molecule has 1 aromatic heterocycles. The fourth-order valence-corrected chi connectivity index (χ4v) is 5.33. The summed E-state index contributed by atoms with van der Waals surface area (Å²) in [6.07, 6.45) is 5.58. The maximum atomic E-state index is 15.3. The number of fused-ring (bicyclic) bond motifs is 1. The molecule has 0 saturated heterocycles. The first kappa shape index (κ1) is 32.2. The van der Waals surface area contributed by atoms with Gasteiger partial charge >= 0.3 is 0 Å². The monoisotopic (exact) mass is 622 g/mol. The number of rotatable bonds is 15. The predicted molar refractivity (Wildman–Crippen MR) is 169 cm³/mol. The van der Waals surface area contributed by atoms with Gasteiger partial charge in [0.25, 0.3) is 0 Å². The number of aromatic nitrogens is 1. The SMILES string of the molecule is CCN(CC)CCCOc1cc2c(Oc3ccc(NC(O)C4(C(=O)NC5=CC=C(F)CC5)CC4)cc3F)ccnc2cc1OC. The average molecular weight is 623 g/mol. The third-order valence-corrected chi connectivity index (χ3v) is 8.35. The lowest BCUT2D eigenvalue weighted by Gasteiger charge is -2.24. The molecule has 1 atom stereocenters. The van der Waals surface area contributed by atoms with E-state index in [1.54, 1.807) is 37.6 Å². The Morgan fingerprint density at radius 3 is 2.51 bits per heavy atom. The van der Waals surface area contributed by atoms with E-state index in [0.29, 0.717) is 59.7 Å². The topological polar surface area (TPSA) is 105 Å². The lowest BCUT2D eigenvalue weighted by atomic mass is 10.0. The summed E-state index contributed by atoms with van der Waals surface area (Å²) >= 11 is 0. The molecular formula is C34H40F2N4O5. The smallest absolute Gasteiger partial charge is 0.234 e. The Morgan fingerprint density at radius 2 is 1.84 bits per heavy atom. The number of halogens is 2. The minimum atomic E-state index is -1.25. The predicted octanol–water partition coefficient (Wildman–Crippen LogP) is 6.44. The number of carbonyl (C=O) groups excluding carboxylic acids is 1. The third-order valence-electron chi connectivity index (χ3n) is 8.35. The summed E-state index contributed by atoms with van der Waals surface area (Å²) in [5.74, 6) is 0.195. The summed E-state index contributed by atoms with van der Waals surface area (Å²) < 4.78 is 46.2. The van der Waals surface area contributed by atoms with Crippen molar-refractivity contribution in [2.45, 2.75) is 52.2 Å². The number of ether oxygens (including phenoxy) is 3. The molecule has 1 heterocycles. The number of amides is 1. The van der Waals surface area contributed by atoms with Crippen molar-refractivity contribution in [1.29, 1.82) is 0 Å². The van der Waals surface area contributed by atoms with Crippen molar-refractivity contribution in [2.24, 2.45) is 5.41 Å². The van der Waals surface area contributed by atoms with Gasteiger partial charge in [0.05, 0.1) is 24.6 Å². The van der Waals surface area contributed by atoms with E-state index in [1.807, 2.05) is 0 Å².